The molecule has 8 heteroatoms. The summed E-state index contributed by atoms with van der Waals surface area (Å²) >= 11 is 0. The van der Waals surface area contributed by atoms with Crippen molar-refractivity contribution in [3.8, 4) is 5.75 Å². The number of aryl methyl sites for hydroxylation is 2. The Morgan fingerprint density at radius 1 is 1.20 bits per heavy atom. The number of hydrogen-bond acceptors (Lipinski definition) is 5. The van der Waals surface area contributed by atoms with E-state index >= 15 is 0 Å². The fourth-order valence-corrected chi connectivity index (χ4v) is 3.83. The van der Waals surface area contributed by atoms with Crippen LogP contribution in [0.15, 0.2) is 29.3 Å². The van der Waals surface area contributed by atoms with E-state index in [1.54, 1.807) is 14.2 Å². The van der Waals surface area contributed by atoms with Gasteiger partial charge in [0.05, 0.1) is 32.1 Å². The van der Waals surface area contributed by atoms with Gasteiger partial charge >= 0.3 is 0 Å². The van der Waals surface area contributed by atoms with Gasteiger partial charge in [-0.15, -0.1) is 0 Å². The molecule has 2 N–H and O–H groups in total. The SMILES string of the molecule is CN=C(NCc1c(C)nn(C)c1C)NCC(c1ccc(OC)cc1)N1CCOCC1. The van der Waals surface area contributed by atoms with E-state index in [4.69, 9.17) is 9.47 Å². The van der Waals surface area contributed by atoms with Crippen LogP contribution in [0.25, 0.3) is 0 Å². The maximum atomic E-state index is 5.55. The molecule has 30 heavy (non-hydrogen) atoms. The molecule has 0 saturated carbocycles. The second-order valence-electron chi connectivity index (χ2n) is 7.52. The summed E-state index contributed by atoms with van der Waals surface area (Å²) in [6.45, 7) is 8.92. The summed E-state index contributed by atoms with van der Waals surface area (Å²) in [6, 6.07) is 8.53. The van der Waals surface area contributed by atoms with E-state index in [9.17, 15) is 0 Å². The number of nitrogens with one attached hydrogen (secondary N) is 2. The fourth-order valence-electron chi connectivity index (χ4n) is 3.83. The van der Waals surface area contributed by atoms with Crippen molar-refractivity contribution in [2.45, 2.75) is 26.4 Å². The summed E-state index contributed by atoms with van der Waals surface area (Å²) in [6.07, 6.45) is 0. The lowest BCUT2D eigenvalue weighted by molar-refractivity contribution is 0.0170. The number of nitrogens with zero attached hydrogens (tertiary/aromatic N) is 4. The number of ether oxygens (including phenoxy) is 2. The van der Waals surface area contributed by atoms with Crippen molar-refractivity contribution in [1.82, 2.24) is 25.3 Å². The van der Waals surface area contributed by atoms with E-state index in [0.29, 0.717) is 6.54 Å². The topological polar surface area (TPSA) is 75.9 Å². The summed E-state index contributed by atoms with van der Waals surface area (Å²) in [5.41, 5.74) is 4.67. The van der Waals surface area contributed by atoms with Crippen LogP contribution in [0.2, 0.25) is 0 Å². The molecular formula is C22H34N6O2. The molecule has 0 radical (unpaired) electrons. The molecule has 0 amide bonds. The maximum absolute atomic E-state index is 5.55. The van der Waals surface area contributed by atoms with Crippen molar-refractivity contribution in [1.29, 1.82) is 0 Å². The molecular weight excluding hydrogens is 380 g/mol. The van der Waals surface area contributed by atoms with Gasteiger partial charge in [-0.1, -0.05) is 12.1 Å². The molecule has 1 aromatic carbocycles. The molecule has 1 aliphatic rings. The minimum Gasteiger partial charge on any atom is -0.497 e. The van der Waals surface area contributed by atoms with Crippen LogP contribution in [0, 0.1) is 13.8 Å². The van der Waals surface area contributed by atoms with Crippen molar-refractivity contribution in [2.24, 2.45) is 12.0 Å². The molecule has 3 rings (SSSR count). The second-order valence-corrected chi connectivity index (χ2v) is 7.52. The smallest absolute Gasteiger partial charge is 0.191 e. The average molecular weight is 415 g/mol. The van der Waals surface area contributed by atoms with E-state index in [1.165, 1.54) is 16.8 Å². The fraction of sp³-hybridized carbons (Fsp3) is 0.545. The third-order valence-electron chi connectivity index (χ3n) is 5.76. The number of guanidine groups is 1. The molecule has 164 valence electrons. The van der Waals surface area contributed by atoms with Gasteiger partial charge in [0.1, 0.15) is 5.75 Å². The lowest BCUT2D eigenvalue weighted by atomic mass is 10.0. The summed E-state index contributed by atoms with van der Waals surface area (Å²) in [7, 11) is 5.47. The third kappa shape index (κ3) is 5.31. The molecule has 0 aliphatic carbocycles. The number of rotatable bonds is 7. The minimum atomic E-state index is 0.222. The second kappa shape index (κ2) is 10.4. The molecule has 8 nitrogen and oxygen atoms in total. The summed E-state index contributed by atoms with van der Waals surface area (Å²) < 4.78 is 12.8. The molecule has 0 bridgehead atoms. The Labute approximate surface area is 179 Å². The Morgan fingerprint density at radius 3 is 2.47 bits per heavy atom. The first-order valence-electron chi connectivity index (χ1n) is 10.4. The van der Waals surface area contributed by atoms with E-state index < -0.39 is 0 Å². The van der Waals surface area contributed by atoms with Crippen LogP contribution in [-0.2, 0) is 18.3 Å². The maximum Gasteiger partial charge on any atom is 0.191 e. The first-order chi connectivity index (χ1) is 14.5. The zero-order valence-corrected chi connectivity index (χ0v) is 18.7. The largest absolute Gasteiger partial charge is 0.497 e. The van der Waals surface area contributed by atoms with Crippen molar-refractivity contribution >= 4 is 5.96 Å². The van der Waals surface area contributed by atoms with Crippen LogP contribution in [0.3, 0.4) is 0 Å². The quantitative estimate of drug-likeness (QED) is 0.531. The predicted octanol–water partition coefficient (Wildman–Crippen LogP) is 1.78. The van der Waals surface area contributed by atoms with Crippen molar-refractivity contribution < 1.29 is 9.47 Å². The third-order valence-corrected chi connectivity index (χ3v) is 5.76. The van der Waals surface area contributed by atoms with Crippen LogP contribution in [-0.4, -0.2) is 67.6 Å². The Hall–Kier alpha value is -2.58. The predicted molar refractivity (Wildman–Crippen MR) is 119 cm³/mol. The standard InChI is InChI=1S/C22H34N6O2/c1-16-20(17(2)27(4)26-16)14-24-22(23-3)25-15-21(28-10-12-30-13-11-28)18-6-8-19(29-5)9-7-18/h6-9,21H,10-15H2,1-5H3,(H2,23,24,25). The number of aliphatic imine (C=N–C) groups is 1. The summed E-state index contributed by atoms with van der Waals surface area (Å²) in [4.78, 5) is 6.87. The lowest BCUT2D eigenvalue weighted by Crippen LogP contribution is -2.46. The van der Waals surface area contributed by atoms with E-state index in [-0.39, 0.29) is 6.04 Å². The molecule has 1 atom stereocenters. The van der Waals surface area contributed by atoms with E-state index in [2.05, 4.69) is 44.7 Å². The Bertz CT molecular complexity index is 840. The van der Waals surface area contributed by atoms with Gasteiger partial charge in [0.2, 0.25) is 0 Å². The van der Waals surface area contributed by atoms with Crippen LogP contribution < -0.4 is 15.4 Å². The molecule has 2 aromatic rings. The Kier molecular flexibility index (Phi) is 7.70. The molecule has 0 spiro atoms. The van der Waals surface area contributed by atoms with Gasteiger partial charge in [0.15, 0.2) is 5.96 Å². The molecule has 1 fully saturated rings. The lowest BCUT2D eigenvalue weighted by Gasteiger charge is -2.35. The monoisotopic (exact) mass is 414 g/mol. The van der Waals surface area contributed by atoms with Crippen molar-refractivity contribution in [3.05, 3.63) is 46.8 Å². The zero-order chi connectivity index (χ0) is 21.5. The summed E-state index contributed by atoms with van der Waals surface area (Å²) in [5.74, 6) is 1.65. The molecule has 1 aromatic heterocycles. The van der Waals surface area contributed by atoms with Crippen LogP contribution >= 0.6 is 0 Å². The number of aromatic nitrogens is 2. The van der Waals surface area contributed by atoms with Gasteiger partial charge in [0.25, 0.3) is 0 Å². The normalized spacial score (nSPS) is 16.4. The Balaban J connectivity index is 1.66. The number of benzene rings is 1. The number of morpholine rings is 1. The van der Waals surface area contributed by atoms with Gasteiger partial charge in [-0.3, -0.25) is 14.6 Å². The van der Waals surface area contributed by atoms with Crippen LogP contribution in [0.4, 0.5) is 0 Å². The zero-order valence-electron chi connectivity index (χ0n) is 18.7. The van der Waals surface area contributed by atoms with E-state index in [1.807, 2.05) is 30.8 Å². The minimum absolute atomic E-state index is 0.222. The van der Waals surface area contributed by atoms with E-state index in [0.717, 1.165) is 50.3 Å². The van der Waals surface area contributed by atoms with Gasteiger partial charge in [0, 0.05) is 51.5 Å². The van der Waals surface area contributed by atoms with Crippen LogP contribution in [0.5, 0.6) is 5.75 Å². The van der Waals surface area contributed by atoms with Gasteiger partial charge in [-0.25, -0.2) is 0 Å². The first-order valence-corrected chi connectivity index (χ1v) is 10.4. The highest BCUT2D eigenvalue weighted by molar-refractivity contribution is 5.79. The van der Waals surface area contributed by atoms with Crippen LogP contribution in [0.1, 0.15) is 28.6 Å². The molecule has 1 saturated heterocycles. The average Bonchev–Trinajstić information content (AvgIpc) is 3.02. The Morgan fingerprint density at radius 2 is 1.90 bits per heavy atom. The van der Waals surface area contributed by atoms with Gasteiger partial charge in [-0.05, 0) is 31.5 Å². The number of methoxy groups -OCH3 is 1. The van der Waals surface area contributed by atoms with Gasteiger partial charge in [-0.2, -0.15) is 5.10 Å². The molecule has 1 aliphatic heterocycles. The number of hydrogen-bond donors (Lipinski definition) is 2. The van der Waals surface area contributed by atoms with Gasteiger partial charge < -0.3 is 20.1 Å². The first kappa shape index (κ1) is 22.1. The summed E-state index contributed by atoms with van der Waals surface area (Å²) in [5, 5.41) is 11.4. The highest BCUT2D eigenvalue weighted by Gasteiger charge is 2.23. The molecule has 1 unspecified atom stereocenters. The highest BCUT2D eigenvalue weighted by Crippen LogP contribution is 2.23. The highest BCUT2D eigenvalue weighted by atomic mass is 16.5. The molecule has 2 heterocycles. The van der Waals surface area contributed by atoms with Crippen molar-refractivity contribution in [2.75, 3.05) is 47.0 Å². The van der Waals surface area contributed by atoms with Crippen molar-refractivity contribution in [3.63, 3.8) is 0 Å².